The highest BCUT2D eigenvalue weighted by Gasteiger charge is 2.26. The molecule has 0 aromatic heterocycles. The van der Waals surface area contributed by atoms with E-state index in [1.165, 1.54) is 6.08 Å². The van der Waals surface area contributed by atoms with Crippen molar-refractivity contribution in [2.24, 2.45) is 0 Å². The Kier molecular flexibility index (Phi) is 2.20. The molecular weight excluding hydrogens is 192 g/mol. The molecule has 0 bridgehead atoms. The number of benzene rings is 1. The molecule has 1 aliphatic carbocycles. The predicted octanol–water partition coefficient (Wildman–Crippen LogP) is 1.31. The van der Waals surface area contributed by atoms with E-state index in [0.717, 1.165) is 5.56 Å². The Morgan fingerprint density at radius 1 is 1.33 bits per heavy atom. The molecule has 0 atom stereocenters. The number of fused-ring (bicyclic) bond motifs is 1. The minimum absolute atomic E-state index is 0.0650. The van der Waals surface area contributed by atoms with Crippen LogP contribution in [-0.4, -0.2) is 23.4 Å². The third-order valence-electron chi connectivity index (χ3n) is 2.26. The zero-order chi connectivity index (χ0) is 10.8. The Morgan fingerprint density at radius 2 is 2.13 bits per heavy atom. The summed E-state index contributed by atoms with van der Waals surface area (Å²) in [5.41, 5.74) is 10.2. The van der Waals surface area contributed by atoms with E-state index in [4.69, 9.17) is 10.3 Å². The maximum Gasteiger partial charge on any atom is 0.369 e. The summed E-state index contributed by atoms with van der Waals surface area (Å²) in [6.07, 6.45) is 3.05. The van der Waals surface area contributed by atoms with Crippen LogP contribution in [0.15, 0.2) is 24.3 Å². The highest BCUT2D eigenvalue weighted by Crippen LogP contribution is 2.22. The van der Waals surface area contributed by atoms with Gasteiger partial charge in [0.05, 0.1) is 12.7 Å². The molecule has 0 spiro atoms. The van der Waals surface area contributed by atoms with Gasteiger partial charge in [-0.2, -0.15) is 4.79 Å². The summed E-state index contributed by atoms with van der Waals surface area (Å²) >= 11 is 0. The van der Waals surface area contributed by atoms with Crippen molar-refractivity contribution in [3.8, 4) is 5.75 Å². The van der Waals surface area contributed by atoms with Crippen molar-refractivity contribution in [2.75, 3.05) is 7.11 Å². The third kappa shape index (κ3) is 1.47. The summed E-state index contributed by atoms with van der Waals surface area (Å²) in [6.45, 7) is 0. The van der Waals surface area contributed by atoms with Crippen LogP contribution in [0.3, 0.4) is 0 Å². The van der Waals surface area contributed by atoms with Crippen LogP contribution in [0.4, 0.5) is 0 Å². The second-order valence-electron chi connectivity index (χ2n) is 3.10. The zero-order valence-corrected chi connectivity index (χ0v) is 8.10. The van der Waals surface area contributed by atoms with Crippen molar-refractivity contribution in [3.05, 3.63) is 40.9 Å². The first-order chi connectivity index (χ1) is 7.26. The van der Waals surface area contributed by atoms with E-state index in [1.54, 1.807) is 31.4 Å². The minimum Gasteiger partial charge on any atom is -0.497 e. The average Bonchev–Trinajstić information content (AvgIpc) is 2.28. The molecular formula is C11H8N2O2. The molecule has 74 valence electrons. The molecule has 0 heterocycles. The van der Waals surface area contributed by atoms with Crippen molar-refractivity contribution in [1.29, 1.82) is 0 Å². The topological polar surface area (TPSA) is 62.7 Å². The quantitative estimate of drug-likeness (QED) is 0.506. The lowest BCUT2D eigenvalue weighted by Crippen LogP contribution is -2.18. The van der Waals surface area contributed by atoms with Crippen LogP contribution in [0.2, 0.25) is 0 Å². The lowest BCUT2D eigenvalue weighted by Gasteiger charge is -2.07. The smallest absolute Gasteiger partial charge is 0.369 e. The van der Waals surface area contributed by atoms with Gasteiger partial charge in [-0.25, -0.2) is 0 Å². The van der Waals surface area contributed by atoms with Crippen LogP contribution in [-0.2, 0) is 4.79 Å². The van der Waals surface area contributed by atoms with Gasteiger partial charge in [0.1, 0.15) is 5.75 Å². The fraction of sp³-hybridized carbons (Fsp3) is 0.0909. The van der Waals surface area contributed by atoms with Gasteiger partial charge in [-0.15, -0.1) is 0 Å². The van der Waals surface area contributed by atoms with Crippen molar-refractivity contribution in [1.82, 2.24) is 0 Å². The van der Waals surface area contributed by atoms with E-state index >= 15 is 0 Å². The Balaban J connectivity index is 2.64. The standard InChI is InChI=1S/C11H8N2O2/c1-15-8-3-4-9-7(6-8)2-5-10(14)11(9)13-12/h2-6H,1H3. The van der Waals surface area contributed by atoms with Gasteiger partial charge >= 0.3 is 5.71 Å². The maximum absolute atomic E-state index is 11.3. The number of ketones is 1. The van der Waals surface area contributed by atoms with E-state index in [0.29, 0.717) is 11.3 Å². The van der Waals surface area contributed by atoms with Crippen LogP contribution in [0, 0.1) is 0 Å². The third-order valence-corrected chi connectivity index (χ3v) is 2.26. The van der Waals surface area contributed by atoms with Gasteiger partial charge in [0.25, 0.3) is 5.78 Å². The predicted molar refractivity (Wildman–Crippen MR) is 54.8 cm³/mol. The SMILES string of the molecule is COc1ccc2c(c1)C=CC(=O)C2=[N+]=[N-]. The summed E-state index contributed by atoms with van der Waals surface area (Å²) in [5, 5.41) is 0. The molecule has 0 saturated carbocycles. The fourth-order valence-electron chi connectivity index (χ4n) is 1.50. The number of carbonyl (C=O) groups excluding carboxylic acids is 1. The Morgan fingerprint density at radius 3 is 2.80 bits per heavy atom. The van der Waals surface area contributed by atoms with Crippen LogP contribution in [0.1, 0.15) is 11.1 Å². The number of carbonyl (C=O) groups is 1. The van der Waals surface area contributed by atoms with Gasteiger partial charge < -0.3 is 10.3 Å². The molecule has 0 N–H and O–H groups in total. The van der Waals surface area contributed by atoms with Crippen molar-refractivity contribution >= 4 is 17.6 Å². The fourth-order valence-corrected chi connectivity index (χ4v) is 1.50. The van der Waals surface area contributed by atoms with Crippen LogP contribution < -0.4 is 4.74 Å². The van der Waals surface area contributed by atoms with Crippen LogP contribution in [0.5, 0.6) is 5.75 Å². The van der Waals surface area contributed by atoms with Gasteiger partial charge in [0.2, 0.25) is 0 Å². The Bertz CT molecular complexity index is 511. The number of hydrogen-bond donors (Lipinski definition) is 0. The molecule has 0 saturated heterocycles. The summed E-state index contributed by atoms with van der Waals surface area (Å²) < 4.78 is 5.05. The van der Waals surface area contributed by atoms with E-state index in [2.05, 4.69) is 4.79 Å². The molecule has 1 aliphatic rings. The summed E-state index contributed by atoms with van der Waals surface area (Å²) in [6, 6.07) is 5.20. The molecule has 0 unspecified atom stereocenters. The molecule has 1 aromatic rings. The highest BCUT2D eigenvalue weighted by atomic mass is 16.5. The van der Waals surface area contributed by atoms with E-state index in [1.807, 2.05) is 0 Å². The summed E-state index contributed by atoms with van der Waals surface area (Å²) in [4.78, 5) is 14.3. The normalized spacial score (nSPS) is 13.4. The highest BCUT2D eigenvalue weighted by molar-refractivity contribution is 6.50. The van der Waals surface area contributed by atoms with E-state index in [9.17, 15) is 4.79 Å². The summed E-state index contributed by atoms with van der Waals surface area (Å²) in [7, 11) is 1.57. The molecule has 0 aliphatic heterocycles. The summed E-state index contributed by atoms with van der Waals surface area (Å²) in [5.74, 6) is 0.403. The molecule has 15 heavy (non-hydrogen) atoms. The zero-order valence-electron chi connectivity index (χ0n) is 8.10. The van der Waals surface area contributed by atoms with E-state index < -0.39 is 0 Å². The molecule has 0 amide bonds. The lowest BCUT2D eigenvalue weighted by molar-refractivity contribution is -0.112. The molecule has 0 radical (unpaired) electrons. The molecule has 4 nitrogen and oxygen atoms in total. The van der Waals surface area contributed by atoms with Crippen LogP contribution in [0.25, 0.3) is 11.6 Å². The Labute approximate surface area is 86.4 Å². The first-order valence-corrected chi connectivity index (χ1v) is 4.39. The first kappa shape index (κ1) is 9.37. The average molecular weight is 200 g/mol. The monoisotopic (exact) mass is 200 g/mol. The van der Waals surface area contributed by atoms with Gasteiger partial charge in [0, 0.05) is 0 Å². The minimum atomic E-state index is -0.296. The van der Waals surface area contributed by atoms with E-state index in [-0.39, 0.29) is 11.5 Å². The number of nitrogens with zero attached hydrogens (tertiary/aromatic N) is 2. The number of allylic oxidation sites excluding steroid dienone is 1. The van der Waals surface area contributed by atoms with Gasteiger partial charge in [0.15, 0.2) is 0 Å². The van der Waals surface area contributed by atoms with Crippen molar-refractivity contribution in [3.63, 3.8) is 0 Å². The first-order valence-electron chi connectivity index (χ1n) is 4.39. The van der Waals surface area contributed by atoms with Crippen molar-refractivity contribution < 1.29 is 14.3 Å². The molecule has 2 rings (SSSR count). The van der Waals surface area contributed by atoms with Crippen molar-refractivity contribution in [2.45, 2.75) is 0 Å². The largest absolute Gasteiger partial charge is 0.497 e. The molecule has 0 fully saturated rings. The number of ether oxygens (including phenoxy) is 1. The van der Waals surface area contributed by atoms with Gasteiger partial charge in [-0.3, -0.25) is 4.79 Å². The maximum atomic E-state index is 11.3. The van der Waals surface area contributed by atoms with Gasteiger partial charge in [-0.1, -0.05) is 0 Å². The second-order valence-corrected chi connectivity index (χ2v) is 3.10. The Hall–Kier alpha value is -2.19. The number of hydrogen-bond acceptors (Lipinski definition) is 2. The molecule has 1 aromatic carbocycles. The number of methoxy groups -OCH3 is 1. The number of rotatable bonds is 1. The lowest BCUT2D eigenvalue weighted by atomic mass is 9.94. The molecule has 4 heteroatoms. The second kappa shape index (κ2) is 3.52. The van der Waals surface area contributed by atoms with Gasteiger partial charge in [-0.05, 0) is 35.9 Å². The van der Waals surface area contributed by atoms with Crippen LogP contribution >= 0.6 is 0 Å².